The third kappa shape index (κ3) is 4.48. The van der Waals surface area contributed by atoms with Gasteiger partial charge in [0.1, 0.15) is 5.75 Å². The van der Waals surface area contributed by atoms with Crippen molar-refractivity contribution in [3.8, 4) is 5.75 Å². The molecule has 0 aromatic heterocycles. The summed E-state index contributed by atoms with van der Waals surface area (Å²) in [6.07, 6.45) is 2.59. The van der Waals surface area contributed by atoms with Gasteiger partial charge in [-0.2, -0.15) is 0 Å². The number of hydrogen-bond donors (Lipinski definition) is 0. The number of benzene rings is 2. The van der Waals surface area contributed by atoms with Crippen LogP contribution in [0.2, 0.25) is 0 Å². The van der Waals surface area contributed by atoms with Crippen molar-refractivity contribution in [3.05, 3.63) is 59.7 Å². The maximum Gasteiger partial charge on any atom is 0.254 e. The van der Waals surface area contributed by atoms with Crippen molar-refractivity contribution in [2.24, 2.45) is 0 Å². The van der Waals surface area contributed by atoms with Gasteiger partial charge >= 0.3 is 0 Å². The maximum atomic E-state index is 12.9. The highest BCUT2D eigenvalue weighted by molar-refractivity contribution is 5.97. The first-order valence-electron chi connectivity index (χ1n) is 9.45. The minimum Gasteiger partial charge on any atom is -0.497 e. The molecule has 2 aromatic rings. The maximum absolute atomic E-state index is 12.9. The van der Waals surface area contributed by atoms with Crippen LogP contribution in [-0.2, 0) is 11.3 Å². The summed E-state index contributed by atoms with van der Waals surface area (Å²) in [5.41, 5.74) is 2.56. The first kappa shape index (κ1) is 19.0. The summed E-state index contributed by atoms with van der Waals surface area (Å²) in [5.74, 6) is 0.954. The summed E-state index contributed by atoms with van der Waals surface area (Å²) in [4.78, 5) is 28.6. The molecule has 0 N–H and O–H groups in total. The molecule has 27 heavy (non-hydrogen) atoms. The molecule has 0 spiro atoms. The molecule has 2 amide bonds. The molecule has 3 rings (SSSR count). The lowest BCUT2D eigenvalue weighted by molar-refractivity contribution is -0.119. The Kier molecular flexibility index (Phi) is 6.12. The third-order valence-electron chi connectivity index (χ3n) is 4.95. The van der Waals surface area contributed by atoms with Crippen molar-refractivity contribution in [2.45, 2.75) is 32.7 Å². The fraction of sp³-hybridized carbons (Fsp3) is 0.364. The van der Waals surface area contributed by atoms with E-state index in [4.69, 9.17) is 4.74 Å². The van der Waals surface area contributed by atoms with Crippen LogP contribution in [0.4, 0.5) is 5.69 Å². The van der Waals surface area contributed by atoms with E-state index in [1.807, 2.05) is 65.3 Å². The molecule has 5 heteroatoms. The van der Waals surface area contributed by atoms with Crippen LogP contribution < -0.4 is 9.64 Å². The van der Waals surface area contributed by atoms with E-state index in [0.717, 1.165) is 36.4 Å². The van der Waals surface area contributed by atoms with Crippen molar-refractivity contribution in [3.63, 3.8) is 0 Å². The number of hydrogen-bond acceptors (Lipinski definition) is 3. The topological polar surface area (TPSA) is 49.9 Å². The van der Waals surface area contributed by atoms with Gasteiger partial charge in [0.2, 0.25) is 5.91 Å². The Balaban J connectivity index is 1.69. The minimum absolute atomic E-state index is 0.00941. The lowest BCUT2D eigenvalue weighted by Crippen LogP contribution is -2.35. The second-order valence-corrected chi connectivity index (χ2v) is 6.72. The zero-order valence-electron chi connectivity index (χ0n) is 16.0. The number of carbonyl (C=O) groups is 2. The van der Waals surface area contributed by atoms with Crippen molar-refractivity contribution in [2.75, 3.05) is 25.1 Å². The van der Waals surface area contributed by atoms with Crippen molar-refractivity contribution in [1.29, 1.82) is 0 Å². The SMILES string of the molecule is CCN(Cc1ccc(OC)cc1)C(=O)c1ccc(N2CCCCC2=O)cc1. The number of nitrogens with zero attached hydrogens (tertiary/aromatic N) is 2. The predicted octanol–water partition coefficient (Wildman–Crippen LogP) is 3.87. The van der Waals surface area contributed by atoms with Gasteiger partial charge in [-0.25, -0.2) is 0 Å². The summed E-state index contributed by atoms with van der Waals surface area (Å²) in [6.45, 7) is 3.90. The van der Waals surface area contributed by atoms with Gasteiger partial charge in [-0.05, 0) is 61.7 Å². The van der Waals surface area contributed by atoms with E-state index >= 15 is 0 Å². The van der Waals surface area contributed by atoms with E-state index in [9.17, 15) is 9.59 Å². The second-order valence-electron chi connectivity index (χ2n) is 6.72. The first-order chi connectivity index (χ1) is 13.1. The molecular formula is C22H26N2O3. The molecule has 0 aliphatic carbocycles. The standard InChI is InChI=1S/C22H26N2O3/c1-3-23(16-17-7-13-20(27-2)14-8-17)22(26)18-9-11-19(12-10-18)24-15-5-4-6-21(24)25/h7-14H,3-6,15-16H2,1-2H3. The van der Waals surface area contributed by atoms with Crippen LogP contribution in [0, 0.1) is 0 Å². The molecule has 1 aliphatic heterocycles. The summed E-state index contributed by atoms with van der Waals surface area (Å²) in [6, 6.07) is 15.1. The van der Waals surface area contributed by atoms with Gasteiger partial charge in [0.25, 0.3) is 5.91 Å². The summed E-state index contributed by atoms with van der Waals surface area (Å²) in [5, 5.41) is 0. The molecule has 142 valence electrons. The van der Waals surface area contributed by atoms with Gasteiger partial charge < -0.3 is 14.5 Å². The van der Waals surface area contributed by atoms with Crippen LogP contribution in [0.25, 0.3) is 0 Å². The number of ether oxygens (including phenoxy) is 1. The lowest BCUT2D eigenvalue weighted by Gasteiger charge is -2.27. The van der Waals surface area contributed by atoms with E-state index in [2.05, 4.69) is 0 Å². The number of amides is 2. The zero-order chi connectivity index (χ0) is 19.2. The largest absolute Gasteiger partial charge is 0.497 e. The molecule has 2 aromatic carbocycles. The Labute approximate surface area is 160 Å². The smallest absolute Gasteiger partial charge is 0.254 e. The summed E-state index contributed by atoms with van der Waals surface area (Å²) in [7, 11) is 1.64. The minimum atomic E-state index is -0.00941. The number of methoxy groups -OCH3 is 1. The fourth-order valence-electron chi connectivity index (χ4n) is 3.32. The van der Waals surface area contributed by atoms with Gasteiger partial charge in [-0.1, -0.05) is 12.1 Å². The number of piperidine rings is 1. The van der Waals surface area contributed by atoms with Crippen LogP contribution in [0.1, 0.15) is 42.1 Å². The average Bonchev–Trinajstić information content (AvgIpc) is 2.72. The van der Waals surface area contributed by atoms with Crippen molar-refractivity contribution < 1.29 is 14.3 Å². The van der Waals surface area contributed by atoms with Crippen LogP contribution in [0.3, 0.4) is 0 Å². The van der Waals surface area contributed by atoms with Crippen LogP contribution in [0.15, 0.2) is 48.5 Å². The van der Waals surface area contributed by atoms with Crippen LogP contribution in [0.5, 0.6) is 5.75 Å². The quantitative estimate of drug-likeness (QED) is 0.780. The monoisotopic (exact) mass is 366 g/mol. The highest BCUT2D eigenvalue weighted by atomic mass is 16.5. The number of carbonyl (C=O) groups excluding carboxylic acids is 2. The normalized spacial score (nSPS) is 14.1. The lowest BCUT2D eigenvalue weighted by atomic mass is 10.1. The molecule has 0 atom stereocenters. The molecule has 5 nitrogen and oxygen atoms in total. The molecule has 1 heterocycles. The third-order valence-corrected chi connectivity index (χ3v) is 4.95. The second kappa shape index (κ2) is 8.71. The fourth-order valence-corrected chi connectivity index (χ4v) is 3.32. The first-order valence-corrected chi connectivity index (χ1v) is 9.45. The molecule has 0 saturated carbocycles. The zero-order valence-corrected chi connectivity index (χ0v) is 16.0. The molecule has 1 saturated heterocycles. The Bertz CT molecular complexity index is 784. The Morgan fingerprint density at radius 1 is 1.07 bits per heavy atom. The van der Waals surface area contributed by atoms with E-state index in [1.165, 1.54) is 0 Å². The van der Waals surface area contributed by atoms with Crippen LogP contribution >= 0.6 is 0 Å². The van der Waals surface area contributed by atoms with Gasteiger partial charge in [0.05, 0.1) is 7.11 Å². The van der Waals surface area contributed by atoms with E-state index < -0.39 is 0 Å². The molecular weight excluding hydrogens is 340 g/mol. The van der Waals surface area contributed by atoms with Crippen molar-refractivity contribution >= 4 is 17.5 Å². The van der Waals surface area contributed by atoms with E-state index in [0.29, 0.717) is 25.1 Å². The predicted molar refractivity (Wildman–Crippen MR) is 106 cm³/mol. The van der Waals surface area contributed by atoms with Gasteiger partial charge in [0.15, 0.2) is 0 Å². The van der Waals surface area contributed by atoms with Gasteiger partial charge in [0, 0.05) is 37.3 Å². The molecule has 1 fully saturated rings. The molecule has 0 bridgehead atoms. The van der Waals surface area contributed by atoms with Gasteiger partial charge in [-0.3, -0.25) is 9.59 Å². The average molecular weight is 366 g/mol. The Morgan fingerprint density at radius 2 is 1.78 bits per heavy atom. The van der Waals surface area contributed by atoms with Crippen molar-refractivity contribution in [1.82, 2.24) is 4.90 Å². The number of anilines is 1. The highest BCUT2D eigenvalue weighted by Crippen LogP contribution is 2.22. The summed E-state index contributed by atoms with van der Waals surface area (Å²) < 4.78 is 5.18. The van der Waals surface area contributed by atoms with E-state index in [1.54, 1.807) is 7.11 Å². The summed E-state index contributed by atoms with van der Waals surface area (Å²) >= 11 is 0. The van der Waals surface area contributed by atoms with Gasteiger partial charge in [-0.15, -0.1) is 0 Å². The Hall–Kier alpha value is -2.82. The highest BCUT2D eigenvalue weighted by Gasteiger charge is 2.20. The Morgan fingerprint density at radius 3 is 2.37 bits per heavy atom. The van der Waals surface area contributed by atoms with Crippen LogP contribution in [-0.4, -0.2) is 36.9 Å². The number of rotatable bonds is 6. The molecule has 0 unspecified atom stereocenters. The molecule has 1 aliphatic rings. The molecule has 0 radical (unpaired) electrons. The van der Waals surface area contributed by atoms with E-state index in [-0.39, 0.29) is 11.8 Å².